The fraction of sp³-hybridized carbons (Fsp3) is 0.421. The Kier molecular flexibility index (Phi) is 4.36. The Balaban J connectivity index is 1.38. The Morgan fingerprint density at radius 2 is 1.84 bits per heavy atom. The van der Waals surface area contributed by atoms with Gasteiger partial charge < -0.3 is 10.0 Å². The number of rotatable bonds is 2. The zero-order valence-corrected chi connectivity index (χ0v) is 14.0. The number of likely N-dealkylation sites (tertiary alicyclic amines) is 1. The highest BCUT2D eigenvalue weighted by molar-refractivity contribution is 5.88. The van der Waals surface area contributed by atoms with Gasteiger partial charge in [0.2, 0.25) is 0 Å². The van der Waals surface area contributed by atoms with Crippen LogP contribution >= 0.6 is 0 Å². The van der Waals surface area contributed by atoms with E-state index in [9.17, 15) is 9.90 Å². The first-order valence-corrected chi connectivity index (χ1v) is 8.82. The number of carbonyl (C=O) groups excluding carboxylic acids is 1. The SMILES string of the molecule is O=C(Nc1ccc(-c2ccccc2)nn1)N1CC2CCC(O)CC2C1. The number of aromatic nitrogens is 2. The molecule has 2 aliphatic rings. The van der Waals surface area contributed by atoms with Gasteiger partial charge in [-0.3, -0.25) is 5.32 Å². The van der Waals surface area contributed by atoms with E-state index in [0.717, 1.165) is 37.1 Å². The number of aliphatic hydroxyl groups excluding tert-OH is 1. The molecule has 4 rings (SSSR count). The molecule has 1 aliphatic carbocycles. The van der Waals surface area contributed by atoms with Crippen LogP contribution in [0.25, 0.3) is 11.3 Å². The molecule has 2 N–H and O–H groups in total. The number of fused-ring (bicyclic) bond motifs is 1. The number of hydrogen-bond donors (Lipinski definition) is 2. The molecule has 2 fully saturated rings. The molecule has 3 unspecified atom stereocenters. The monoisotopic (exact) mass is 338 g/mol. The van der Waals surface area contributed by atoms with Crippen molar-refractivity contribution in [2.75, 3.05) is 18.4 Å². The Labute approximate surface area is 146 Å². The normalized spacial score (nSPS) is 25.5. The Hall–Kier alpha value is -2.47. The number of carbonyl (C=O) groups is 1. The van der Waals surface area contributed by atoms with Gasteiger partial charge in [-0.05, 0) is 43.2 Å². The molecule has 1 aromatic carbocycles. The lowest BCUT2D eigenvalue weighted by Gasteiger charge is -2.27. The van der Waals surface area contributed by atoms with E-state index in [1.54, 1.807) is 6.07 Å². The molecular formula is C19H22N4O2. The van der Waals surface area contributed by atoms with Crippen LogP contribution < -0.4 is 5.32 Å². The first-order valence-electron chi connectivity index (χ1n) is 8.82. The van der Waals surface area contributed by atoms with Crippen LogP contribution in [0.15, 0.2) is 42.5 Å². The summed E-state index contributed by atoms with van der Waals surface area (Å²) in [6, 6.07) is 13.3. The molecule has 2 amide bonds. The highest BCUT2D eigenvalue weighted by Gasteiger charge is 2.39. The van der Waals surface area contributed by atoms with E-state index in [0.29, 0.717) is 24.2 Å². The minimum Gasteiger partial charge on any atom is -0.393 e. The van der Waals surface area contributed by atoms with Crippen molar-refractivity contribution < 1.29 is 9.90 Å². The lowest BCUT2D eigenvalue weighted by Crippen LogP contribution is -2.33. The van der Waals surface area contributed by atoms with Gasteiger partial charge >= 0.3 is 6.03 Å². The van der Waals surface area contributed by atoms with E-state index in [2.05, 4.69) is 15.5 Å². The summed E-state index contributed by atoms with van der Waals surface area (Å²) in [5.41, 5.74) is 1.77. The van der Waals surface area contributed by atoms with E-state index in [4.69, 9.17) is 0 Å². The van der Waals surface area contributed by atoms with Crippen LogP contribution in [0.3, 0.4) is 0 Å². The predicted molar refractivity (Wildman–Crippen MR) is 94.9 cm³/mol. The first-order chi connectivity index (χ1) is 12.2. The average molecular weight is 338 g/mol. The minimum atomic E-state index is -0.208. The molecular weight excluding hydrogens is 316 g/mol. The zero-order valence-electron chi connectivity index (χ0n) is 14.0. The van der Waals surface area contributed by atoms with E-state index in [1.807, 2.05) is 41.3 Å². The molecule has 6 heteroatoms. The smallest absolute Gasteiger partial charge is 0.323 e. The molecule has 25 heavy (non-hydrogen) atoms. The van der Waals surface area contributed by atoms with Crippen LogP contribution in [-0.2, 0) is 0 Å². The van der Waals surface area contributed by atoms with Crippen molar-refractivity contribution in [1.82, 2.24) is 15.1 Å². The molecule has 130 valence electrons. The zero-order chi connectivity index (χ0) is 17.2. The van der Waals surface area contributed by atoms with Gasteiger partial charge in [0.05, 0.1) is 11.8 Å². The van der Waals surface area contributed by atoms with Gasteiger partial charge in [-0.15, -0.1) is 10.2 Å². The third-order valence-corrected chi connectivity index (χ3v) is 5.28. The molecule has 2 heterocycles. The summed E-state index contributed by atoms with van der Waals surface area (Å²) in [4.78, 5) is 14.3. The maximum Gasteiger partial charge on any atom is 0.323 e. The number of urea groups is 1. The summed E-state index contributed by atoms with van der Waals surface area (Å²) in [6.07, 6.45) is 2.45. The molecule has 1 aromatic heterocycles. The van der Waals surface area contributed by atoms with E-state index in [1.165, 1.54) is 0 Å². The fourth-order valence-corrected chi connectivity index (χ4v) is 3.92. The van der Waals surface area contributed by atoms with Crippen LogP contribution in [0.5, 0.6) is 0 Å². The van der Waals surface area contributed by atoms with Crippen LogP contribution in [0.1, 0.15) is 19.3 Å². The molecule has 0 spiro atoms. The summed E-state index contributed by atoms with van der Waals surface area (Å²) < 4.78 is 0. The van der Waals surface area contributed by atoms with Gasteiger partial charge in [-0.1, -0.05) is 30.3 Å². The molecule has 6 nitrogen and oxygen atoms in total. The molecule has 0 bridgehead atoms. The Morgan fingerprint density at radius 1 is 1.04 bits per heavy atom. The number of benzene rings is 1. The quantitative estimate of drug-likeness (QED) is 0.882. The second-order valence-corrected chi connectivity index (χ2v) is 6.99. The highest BCUT2D eigenvalue weighted by atomic mass is 16.3. The molecule has 0 radical (unpaired) electrons. The van der Waals surface area contributed by atoms with Gasteiger partial charge in [-0.2, -0.15) is 0 Å². The second kappa shape index (κ2) is 6.80. The average Bonchev–Trinajstić information content (AvgIpc) is 3.06. The summed E-state index contributed by atoms with van der Waals surface area (Å²) in [6.45, 7) is 1.47. The van der Waals surface area contributed by atoms with Crippen molar-refractivity contribution in [2.24, 2.45) is 11.8 Å². The van der Waals surface area contributed by atoms with Crippen LogP contribution in [0, 0.1) is 11.8 Å². The van der Waals surface area contributed by atoms with Crippen molar-refractivity contribution in [2.45, 2.75) is 25.4 Å². The first kappa shape index (κ1) is 16.0. The van der Waals surface area contributed by atoms with E-state index < -0.39 is 0 Å². The number of amides is 2. The van der Waals surface area contributed by atoms with Crippen molar-refractivity contribution in [3.8, 4) is 11.3 Å². The maximum atomic E-state index is 12.5. The molecule has 3 atom stereocenters. The number of anilines is 1. The second-order valence-electron chi connectivity index (χ2n) is 6.99. The molecule has 1 aliphatic heterocycles. The number of nitrogens with one attached hydrogen (secondary N) is 1. The molecule has 1 saturated heterocycles. The third-order valence-electron chi connectivity index (χ3n) is 5.28. The molecule has 1 saturated carbocycles. The van der Waals surface area contributed by atoms with Gasteiger partial charge in [-0.25, -0.2) is 4.79 Å². The lowest BCUT2D eigenvalue weighted by molar-refractivity contribution is 0.0866. The maximum absolute atomic E-state index is 12.5. The van der Waals surface area contributed by atoms with E-state index in [-0.39, 0.29) is 12.1 Å². The van der Waals surface area contributed by atoms with Crippen molar-refractivity contribution in [3.63, 3.8) is 0 Å². The Morgan fingerprint density at radius 3 is 2.60 bits per heavy atom. The third kappa shape index (κ3) is 3.49. The topological polar surface area (TPSA) is 78.4 Å². The highest BCUT2D eigenvalue weighted by Crippen LogP contribution is 2.36. The largest absolute Gasteiger partial charge is 0.393 e. The van der Waals surface area contributed by atoms with Gasteiger partial charge in [0.25, 0.3) is 0 Å². The number of aliphatic hydroxyl groups is 1. The Bertz CT molecular complexity index is 735. The summed E-state index contributed by atoms with van der Waals surface area (Å²) in [5.74, 6) is 1.39. The minimum absolute atomic E-state index is 0.134. The summed E-state index contributed by atoms with van der Waals surface area (Å²) >= 11 is 0. The number of hydrogen-bond acceptors (Lipinski definition) is 4. The molecule has 2 aromatic rings. The van der Waals surface area contributed by atoms with Crippen LogP contribution in [-0.4, -0.2) is 45.4 Å². The fourth-order valence-electron chi connectivity index (χ4n) is 3.92. The number of nitrogens with zero attached hydrogens (tertiary/aromatic N) is 3. The summed E-state index contributed by atoms with van der Waals surface area (Å²) in [5, 5.41) is 20.9. The van der Waals surface area contributed by atoms with Gasteiger partial charge in [0.15, 0.2) is 5.82 Å². The predicted octanol–water partition coefficient (Wildman–Crippen LogP) is 2.77. The summed E-state index contributed by atoms with van der Waals surface area (Å²) in [7, 11) is 0. The van der Waals surface area contributed by atoms with Gasteiger partial charge in [0, 0.05) is 18.7 Å². The van der Waals surface area contributed by atoms with Gasteiger partial charge in [0.1, 0.15) is 0 Å². The van der Waals surface area contributed by atoms with E-state index >= 15 is 0 Å². The van der Waals surface area contributed by atoms with Crippen LogP contribution in [0.4, 0.5) is 10.6 Å². The van der Waals surface area contributed by atoms with Crippen molar-refractivity contribution in [3.05, 3.63) is 42.5 Å². The van der Waals surface area contributed by atoms with Crippen LogP contribution in [0.2, 0.25) is 0 Å². The standard InChI is InChI=1S/C19H22N4O2/c24-16-7-6-14-11-23(12-15(14)10-16)19(25)20-18-9-8-17(21-22-18)13-4-2-1-3-5-13/h1-5,8-9,14-16,24H,6-7,10-12H2,(H,20,22,25). The lowest BCUT2D eigenvalue weighted by atomic mass is 9.80. The van der Waals surface area contributed by atoms with Crippen molar-refractivity contribution in [1.29, 1.82) is 0 Å². The van der Waals surface area contributed by atoms with Crippen molar-refractivity contribution >= 4 is 11.8 Å².